The van der Waals surface area contributed by atoms with Crippen molar-refractivity contribution in [2.45, 2.75) is 16.7 Å². The van der Waals surface area contributed by atoms with Gasteiger partial charge in [0.05, 0.1) is 15.5 Å². The van der Waals surface area contributed by atoms with Crippen LogP contribution in [0.25, 0.3) is 0 Å². The maximum absolute atomic E-state index is 12.6. The summed E-state index contributed by atoms with van der Waals surface area (Å²) in [6.07, 6.45) is 0. The lowest BCUT2D eigenvalue weighted by molar-refractivity contribution is 0.600. The highest BCUT2D eigenvalue weighted by Crippen LogP contribution is 2.26. The first kappa shape index (κ1) is 21.0. The molecule has 152 valence electrons. The molecule has 0 spiro atoms. The van der Waals surface area contributed by atoms with E-state index in [1.54, 1.807) is 31.2 Å². The lowest BCUT2D eigenvalue weighted by Gasteiger charge is -2.12. The van der Waals surface area contributed by atoms with Crippen LogP contribution in [0, 0.1) is 6.92 Å². The van der Waals surface area contributed by atoms with Crippen molar-refractivity contribution in [1.82, 2.24) is 0 Å². The van der Waals surface area contributed by atoms with Crippen molar-refractivity contribution in [2.24, 2.45) is 0 Å². The van der Waals surface area contributed by atoms with E-state index in [0.29, 0.717) is 22.0 Å². The Balaban J connectivity index is 1.81. The van der Waals surface area contributed by atoms with Gasteiger partial charge in [0.1, 0.15) is 0 Å². The number of hydrogen-bond acceptors (Lipinski definition) is 5. The molecule has 3 rings (SSSR count). The summed E-state index contributed by atoms with van der Waals surface area (Å²) in [6, 6.07) is 16.1. The standard InChI is InChI=1S/C19H18ClN3O4S2/c1-13-18(20)6-3-7-19(13)23-28(24,25)16-10-8-15(9-11-16)22-29(26,27)17-5-2-4-14(21)12-17/h2-12,22-23H,21H2,1H3. The zero-order chi connectivity index (χ0) is 21.2. The van der Waals surface area contributed by atoms with E-state index < -0.39 is 20.0 Å². The van der Waals surface area contributed by atoms with Gasteiger partial charge in [-0.15, -0.1) is 0 Å². The molecular formula is C19H18ClN3O4S2. The molecule has 0 heterocycles. The molecule has 7 nitrogen and oxygen atoms in total. The maximum atomic E-state index is 12.6. The zero-order valence-electron chi connectivity index (χ0n) is 15.3. The van der Waals surface area contributed by atoms with Crippen molar-refractivity contribution in [2.75, 3.05) is 15.2 Å². The van der Waals surface area contributed by atoms with Gasteiger partial charge in [0.2, 0.25) is 0 Å². The smallest absolute Gasteiger partial charge is 0.261 e. The van der Waals surface area contributed by atoms with Gasteiger partial charge in [0.25, 0.3) is 20.0 Å². The molecule has 0 unspecified atom stereocenters. The Labute approximate surface area is 174 Å². The van der Waals surface area contributed by atoms with Crippen molar-refractivity contribution in [3.8, 4) is 0 Å². The molecule has 0 aliphatic carbocycles. The van der Waals surface area contributed by atoms with Gasteiger partial charge in [-0.25, -0.2) is 16.8 Å². The minimum atomic E-state index is -3.87. The maximum Gasteiger partial charge on any atom is 0.261 e. The number of anilines is 3. The van der Waals surface area contributed by atoms with Crippen LogP contribution in [-0.2, 0) is 20.0 Å². The fourth-order valence-corrected chi connectivity index (χ4v) is 4.93. The highest BCUT2D eigenvalue weighted by atomic mass is 35.5. The Bertz CT molecular complexity index is 1260. The molecule has 0 aliphatic heterocycles. The monoisotopic (exact) mass is 451 g/mol. The van der Waals surface area contributed by atoms with Crippen LogP contribution in [0.4, 0.5) is 17.1 Å². The molecule has 0 fully saturated rings. The number of benzene rings is 3. The number of rotatable bonds is 6. The Morgan fingerprint density at radius 2 is 1.41 bits per heavy atom. The topological polar surface area (TPSA) is 118 Å². The van der Waals surface area contributed by atoms with Gasteiger partial charge in [0, 0.05) is 16.4 Å². The van der Waals surface area contributed by atoms with Crippen LogP contribution >= 0.6 is 11.6 Å². The van der Waals surface area contributed by atoms with Crippen LogP contribution in [0.2, 0.25) is 5.02 Å². The average Bonchev–Trinajstić information content (AvgIpc) is 2.65. The molecule has 0 aliphatic rings. The van der Waals surface area contributed by atoms with Crippen molar-refractivity contribution >= 4 is 48.7 Å². The Hall–Kier alpha value is -2.75. The van der Waals surface area contributed by atoms with Gasteiger partial charge >= 0.3 is 0 Å². The van der Waals surface area contributed by atoms with Crippen LogP contribution in [0.1, 0.15) is 5.56 Å². The van der Waals surface area contributed by atoms with Crippen LogP contribution in [0.3, 0.4) is 0 Å². The second-order valence-electron chi connectivity index (χ2n) is 6.22. The number of sulfonamides is 2. The number of nitrogen functional groups attached to an aromatic ring is 1. The lowest BCUT2D eigenvalue weighted by Crippen LogP contribution is -2.15. The molecule has 3 aromatic carbocycles. The predicted octanol–water partition coefficient (Wildman–Crippen LogP) is 3.83. The number of hydrogen-bond donors (Lipinski definition) is 3. The van der Waals surface area contributed by atoms with Gasteiger partial charge in [-0.3, -0.25) is 9.44 Å². The van der Waals surface area contributed by atoms with E-state index >= 15 is 0 Å². The third-order valence-corrected chi connectivity index (χ3v) is 7.27. The van der Waals surface area contributed by atoms with Crippen LogP contribution < -0.4 is 15.2 Å². The van der Waals surface area contributed by atoms with E-state index in [1.807, 2.05) is 0 Å². The van der Waals surface area contributed by atoms with Gasteiger partial charge in [-0.05, 0) is 67.1 Å². The van der Waals surface area contributed by atoms with Crippen LogP contribution in [0.15, 0.2) is 76.5 Å². The largest absolute Gasteiger partial charge is 0.399 e. The Kier molecular flexibility index (Phi) is 5.74. The summed E-state index contributed by atoms with van der Waals surface area (Å²) < 4.78 is 55.0. The molecule has 0 atom stereocenters. The van der Waals surface area contributed by atoms with Crippen molar-refractivity contribution in [1.29, 1.82) is 0 Å². The van der Waals surface area contributed by atoms with Gasteiger partial charge in [-0.1, -0.05) is 23.7 Å². The zero-order valence-corrected chi connectivity index (χ0v) is 17.6. The van der Waals surface area contributed by atoms with Crippen molar-refractivity contribution < 1.29 is 16.8 Å². The molecule has 0 aromatic heterocycles. The summed E-state index contributed by atoms with van der Waals surface area (Å²) in [6.45, 7) is 1.70. The molecule has 0 saturated heterocycles. The Morgan fingerprint density at radius 1 is 0.793 bits per heavy atom. The van der Waals surface area contributed by atoms with Crippen molar-refractivity contribution in [3.63, 3.8) is 0 Å². The average molecular weight is 452 g/mol. The quantitative estimate of drug-likeness (QED) is 0.492. The van der Waals surface area contributed by atoms with E-state index in [2.05, 4.69) is 9.44 Å². The van der Waals surface area contributed by atoms with E-state index in [4.69, 9.17) is 17.3 Å². The third kappa shape index (κ3) is 4.81. The molecule has 0 amide bonds. The van der Waals surface area contributed by atoms with Gasteiger partial charge in [-0.2, -0.15) is 0 Å². The van der Waals surface area contributed by atoms with E-state index in [-0.39, 0.29) is 15.5 Å². The van der Waals surface area contributed by atoms with E-state index in [9.17, 15) is 16.8 Å². The number of halogens is 1. The normalized spacial score (nSPS) is 11.8. The summed E-state index contributed by atoms with van der Waals surface area (Å²) in [5.41, 5.74) is 7.12. The molecule has 29 heavy (non-hydrogen) atoms. The van der Waals surface area contributed by atoms with Gasteiger partial charge < -0.3 is 5.73 Å². The lowest BCUT2D eigenvalue weighted by atomic mass is 10.2. The van der Waals surface area contributed by atoms with Crippen LogP contribution in [-0.4, -0.2) is 16.8 Å². The third-order valence-electron chi connectivity index (χ3n) is 4.10. The molecule has 0 radical (unpaired) electrons. The van der Waals surface area contributed by atoms with Gasteiger partial charge in [0.15, 0.2) is 0 Å². The fraction of sp³-hybridized carbons (Fsp3) is 0.0526. The summed E-state index contributed by atoms with van der Waals surface area (Å²) >= 11 is 6.02. The minimum absolute atomic E-state index is 0.00676. The summed E-state index contributed by atoms with van der Waals surface area (Å²) in [4.78, 5) is -0.0175. The van der Waals surface area contributed by atoms with Crippen LogP contribution in [0.5, 0.6) is 0 Å². The first-order valence-corrected chi connectivity index (χ1v) is 11.7. The highest BCUT2D eigenvalue weighted by Gasteiger charge is 2.18. The second-order valence-corrected chi connectivity index (χ2v) is 9.99. The molecule has 4 N–H and O–H groups in total. The first-order chi connectivity index (χ1) is 13.6. The summed E-state index contributed by atoms with van der Waals surface area (Å²) in [7, 11) is -7.73. The molecule has 10 heteroatoms. The number of nitrogens with two attached hydrogens (primary N) is 1. The highest BCUT2D eigenvalue weighted by molar-refractivity contribution is 7.93. The van der Waals surface area contributed by atoms with E-state index in [0.717, 1.165) is 0 Å². The number of nitrogens with one attached hydrogen (secondary N) is 2. The fourth-order valence-electron chi connectivity index (χ4n) is 2.52. The second kappa shape index (κ2) is 7.94. The molecule has 3 aromatic rings. The summed E-state index contributed by atoms with van der Waals surface area (Å²) in [5, 5.41) is 0.441. The molecule has 0 saturated carbocycles. The molecular weight excluding hydrogens is 434 g/mol. The molecule has 0 bridgehead atoms. The van der Waals surface area contributed by atoms with E-state index in [1.165, 1.54) is 42.5 Å². The predicted molar refractivity (Wildman–Crippen MR) is 115 cm³/mol. The summed E-state index contributed by atoms with van der Waals surface area (Å²) in [5.74, 6) is 0. The minimum Gasteiger partial charge on any atom is -0.399 e. The first-order valence-electron chi connectivity index (χ1n) is 8.35. The Morgan fingerprint density at radius 3 is 2.07 bits per heavy atom. The SMILES string of the molecule is Cc1c(Cl)cccc1NS(=O)(=O)c1ccc(NS(=O)(=O)c2cccc(N)c2)cc1. The van der Waals surface area contributed by atoms with Crippen molar-refractivity contribution in [3.05, 3.63) is 77.3 Å².